The maximum absolute atomic E-state index is 14.2. The highest BCUT2D eigenvalue weighted by Crippen LogP contribution is 2.45. The maximum Gasteiger partial charge on any atom is 0.157 e. The van der Waals surface area contributed by atoms with E-state index < -0.39 is 18.4 Å². The summed E-state index contributed by atoms with van der Waals surface area (Å²) in [5, 5.41) is 9.46. The van der Waals surface area contributed by atoms with E-state index in [2.05, 4.69) is 0 Å². The lowest BCUT2D eigenvalue weighted by Gasteiger charge is -2.42. The predicted octanol–water partition coefficient (Wildman–Crippen LogP) is 4.82. The molecule has 0 spiro atoms. The Balaban J connectivity index is 1.51. The molecule has 1 N–H and O–H groups in total. The van der Waals surface area contributed by atoms with Crippen LogP contribution in [0.3, 0.4) is 0 Å². The average Bonchev–Trinajstić information content (AvgIpc) is 2.54. The van der Waals surface area contributed by atoms with Crippen LogP contribution in [0.15, 0.2) is 0 Å². The van der Waals surface area contributed by atoms with Crippen molar-refractivity contribution in [2.75, 3.05) is 0 Å². The zero-order valence-corrected chi connectivity index (χ0v) is 13.0. The minimum Gasteiger partial charge on any atom is -0.390 e. The Bertz CT molecular complexity index is 321. The van der Waals surface area contributed by atoms with Gasteiger partial charge >= 0.3 is 0 Å². The molecule has 0 heterocycles. The van der Waals surface area contributed by atoms with Crippen LogP contribution < -0.4 is 0 Å². The van der Waals surface area contributed by atoms with Crippen LogP contribution in [-0.4, -0.2) is 23.6 Å². The van der Waals surface area contributed by atoms with Crippen LogP contribution in [-0.2, 0) is 0 Å². The summed E-state index contributed by atoms with van der Waals surface area (Å²) in [5.41, 5.74) is 0. The molecule has 0 aromatic carbocycles. The van der Waals surface area contributed by atoms with Crippen LogP contribution in [0.2, 0.25) is 0 Å². The Morgan fingerprint density at radius 1 is 0.571 bits per heavy atom. The lowest BCUT2D eigenvalue weighted by Crippen LogP contribution is -2.44. The lowest BCUT2D eigenvalue weighted by atomic mass is 9.66. The quantitative estimate of drug-likeness (QED) is 0.775. The summed E-state index contributed by atoms with van der Waals surface area (Å²) in [6.45, 7) is 0. The summed E-state index contributed by atoms with van der Waals surface area (Å²) in [4.78, 5) is 0. The average molecular weight is 300 g/mol. The molecule has 0 amide bonds. The zero-order valence-electron chi connectivity index (χ0n) is 13.0. The van der Waals surface area contributed by atoms with Gasteiger partial charge in [-0.05, 0) is 62.2 Å². The van der Waals surface area contributed by atoms with Crippen molar-refractivity contribution < 1.29 is 13.9 Å². The number of alkyl halides is 2. The minimum absolute atomic E-state index is 0.143. The molecule has 3 aliphatic carbocycles. The van der Waals surface area contributed by atoms with E-state index >= 15 is 0 Å². The molecular weight excluding hydrogens is 270 g/mol. The summed E-state index contributed by atoms with van der Waals surface area (Å²) in [6, 6.07) is 0. The first-order chi connectivity index (χ1) is 10.2. The molecule has 3 aliphatic rings. The molecule has 4 unspecified atom stereocenters. The Kier molecular flexibility index (Phi) is 5.19. The molecule has 0 bridgehead atoms. The van der Waals surface area contributed by atoms with Gasteiger partial charge in [-0.25, -0.2) is 8.78 Å². The van der Waals surface area contributed by atoms with E-state index in [0.717, 1.165) is 24.7 Å². The van der Waals surface area contributed by atoms with E-state index in [4.69, 9.17) is 0 Å². The molecule has 21 heavy (non-hydrogen) atoms. The monoisotopic (exact) mass is 300 g/mol. The van der Waals surface area contributed by atoms with E-state index in [1.807, 2.05) is 0 Å². The van der Waals surface area contributed by atoms with Gasteiger partial charge in [0, 0.05) is 0 Å². The number of aliphatic hydroxyl groups excluding tert-OH is 1. The standard InChI is InChI=1S/C18H30F2O/c19-17-15(10-11-16(21)18(17)20)14-8-6-13(7-9-14)12-4-2-1-3-5-12/h12-18,21H,1-11H2. The number of rotatable bonds is 2. The van der Waals surface area contributed by atoms with Gasteiger partial charge in [0.1, 0.15) is 6.17 Å². The van der Waals surface area contributed by atoms with Gasteiger partial charge in [-0.3, -0.25) is 0 Å². The minimum atomic E-state index is -1.65. The van der Waals surface area contributed by atoms with Crippen molar-refractivity contribution in [3.05, 3.63) is 0 Å². The Morgan fingerprint density at radius 3 is 1.81 bits per heavy atom. The summed E-state index contributed by atoms with van der Waals surface area (Å²) < 4.78 is 27.9. The van der Waals surface area contributed by atoms with Gasteiger partial charge in [0.2, 0.25) is 0 Å². The van der Waals surface area contributed by atoms with Gasteiger partial charge in [0.05, 0.1) is 6.10 Å². The van der Waals surface area contributed by atoms with Gasteiger partial charge in [-0.2, -0.15) is 0 Å². The molecule has 3 rings (SSSR count). The van der Waals surface area contributed by atoms with Crippen molar-refractivity contribution >= 4 is 0 Å². The maximum atomic E-state index is 14.2. The van der Waals surface area contributed by atoms with Gasteiger partial charge in [-0.15, -0.1) is 0 Å². The Hall–Kier alpha value is -0.180. The van der Waals surface area contributed by atoms with Crippen molar-refractivity contribution in [2.24, 2.45) is 23.7 Å². The smallest absolute Gasteiger partial charge is 0.157 e. The Morgan fingerprint density at radius 2 is 1.14 bits per heavy atom. The molecule has 0 saturated heterocycles. The molecular formula is C18H30F2O. The van der Waals surface area contributed by atoms with Crippen molar-refractivity contribution in [1.82, 2.24) is 0 Å². The number of aliphatic hydroxyl groups is 1. The van der Waals surface area contributed by atoms with Crippen LogP contribution in [0, 0.1) is 23.7 Å². The molecule has 3 heteroatoms. The van der Waals surface area contributed by atoms with Crippen molar-refractivity contribution in [2.45, 2.75) is 89.1 Å². The fraction of sp³-hybridized carbons (Fsp3) is 1.00. The van der Waals surface area contributed by atoms with Crippen LogP contribution in [0.5, 0.6) is 0 Å². The highest BCUT2D eigenvalue weighted by molar-refractivity contribution is 4.93. The van der Waals surface area contributed by atoms with Crippen molar-refractivity contribution in [3.63, 3.8) is 0 Å². The second-order valence-electron chi connectivity index (χ2n) is 7.77. The van der Waals surface area contributed by atoms with Crippen LogP contribution in [0.1, 0.15) is 70.6 Å². The normalized spacial score (nSPS) is 46.4. The molecule has 3 saturated carbocycles. The first-order valence-electron chi connectivity index (χ1n) is 9.13. The molecule has 0 aromatic heterocycles. The molecule has 0 radical (unpaired) electrons. The number of hydrogen-bond donors (Lipinski definition) is 1. The van der Waals surface area contributed by atoms with E-state index in [-0.39, 0.29) is 5.92 Å². The summed E-state index contributed by atoms with van der Waals surface area (Å²) >= 11 is 0. The lowest BCUT2D eigenvalue weighted by molar-refractivity contribution is -0.0560. The van der Waals surface area contributed by atoms with E-state index in [0.29, 0.717) is 18.8 Å². The molecule has 3 fully saturated rings. The van der Waals surface area contributed by atoms with Gasteiger partial charge < -0.3 is 5.11 Å². The zero-order chi connectivity index (χ0) is 14.8. The Labute approximate surface area is 127 Å². The van der Waals surface area contributed by atoms with Gasteiger partial charge in [-0.1, -0.05) is 32.1 Å². The van der Waals surface area contributed by atoms with E-state index in [1.165, 1.54) is 44.9 Å². The van der Waals surface area contributed by atoms with Crippen LogP contribution in [0.4, 0.5) is 8.78 Å². The second kappa shape index (κ2) is 6.93. The van der Waals surface area contributed by atoms with E-state index in [1.54, 1.807) is 0 Å². The van der Waals surface area contributed by atoms with Crippen LogP contribution in [0.25, 0.3) is 0 Å². The fourth-order valence-electron chi connectivity index (χ4n) is 5.28. The van der Waals surface area contributed by atoms with Gasteiger partial charge in [0.15, 0.2) is 6.17 Å². The second-order valence-corrected chi connectivity index (χ2v) is 7.77. The largest absolute Gasteiger partial charge is 0.390 e. The third kappa shape index (κ3) is 3.43. The predicted molar refractivity (Wildman–Crippen MR) is 80.5 cm³/mol. The summed E-state index contributed by atoms with van der Waals surface area (Å²) in [6.07, 6.45) is 8.50. The number of hydrogen-bond acceptors (Lipinski definition) is 1. The third-order valence-electron chi connectivity index (χ3n) is 6.62. The molecule has 0 aromatic rings. The first-order valence-corrected chi connectivity index (χ1v) is 9.13. The summed E-state index contributed by atoms with van der Waals surface area (Å²) in [7, 11) is 0. The first kappa shape index (κ1) is 15.7. The highest BCUT2D eigenvalue weighted by atomic mass is 19.2. The SMILES string of the molecule is OC1CCC(C2CCC(C3CCCCC3)CC2)C(F)C1F. The topological polar surface area (TPSA) is 20.2 Å². The third-order valence-corrected chi connectivity index (χ3v) is 6.62. The van der Waals surface area contributed by atoms with Crippen molar-refractivity contribution in [1.29, 1.82) is 0 Å². The van der Waals surface area contributed by atoms with Crippen LogP contribution >= 0.6 is 0 Å². The number of halogens is 2. The molecule has 1 nitrogen and oxygen atoms in total. The molecule has 4 atom stereocenters. The van der Waals surface area contributed by atoms with E-state index in [9.17, 15) is 13.9 Å². The van der Waals surface area contributed by atoms with Crippen molar-refractivity contribution in [3.8, 4) is 0 Å². The molecule has 122 valence electrons. The molecule has 0 aliphatic heterocycles. The van der Waals surface area contributed by atoms with Gasteiger partial charge in [0.25, 0.3) is 0 Å². The summed E-state index contributed by atoms with van der Waals surface area (Å²) in [5.74, 6) is 1.96. The highest BCUT2D eigenvalue weighted by Gasteiger charge is 2.43. The fourth-order valence-corrected chi connectivity index (χ4v) is 5.28.